The smallest absolute Gasteiger partial charge is 0.408 e. The molecule has 1 aliphatic rings. The third-order valence-corrected chi connectivity index (χ3v) is 5.64. The van der Waals surface area contributed by atoms with Gasteiger partial charge in [0.1, 0.15) is 5.82 Å². The summed E-state index contributed by atoms with van der Waals surface area (Å²) in [7, 11) is -4.07. The van der Waals surface area contributed by atoms with E-state index in [9.17, 15) is 17.6 Å². The van der Waals surface area contributed by atoms with E-state index in [0.717, 1.165) is 0 Å². The predicted molar refractivity (Wildman–Crippen MR) is 97.1 cm³/mol. The number of halogens is 1. The van der Waals surface area contributed by atoms with Crippen LogP contribution in [0.1, 0.15) is 0 Å². The Hall–Kier alpha value is -2.85. The number of sulfonamides is 1. The number of nitrogens with one attached hydrogen (secondary N) is 2. The van der Waals surface area contributed by atoms with Crippen molar-refractivity contribution in [2.75, 3.05) is 35.9 Å². The Kier molecular flexibility index (Phi) is 4.36. The number of oxazole rings is 1. The lowest BCUT2D eigenvalue weighted by molar-refractivity contribution is 0.122. The summed E-state index contributed by atoms with van der Waals surface area (Å²) in [6.45, 7) is 2.39. The Balaban J connectivity index is 1.65. The Labute approximate surface area is 153 Å². The van der Waals surface area contributed by atoms with Gasteiger partial charge in [0.05, 0.1) is 29.3 Å². The van der Waals surface area contributed by atoms with Gasteiger partial charge in [-0.05, 0) is 30.3 Å². The van der Waals surface area contributed by atoms with Crippen LogP contribution in [0.2, 0.25) is 0 Å². The highest BCUT2D eigenvalue weighted by atomic mass is 32.2. The molecular formula is C17H16FN3O5S. The monoisotopic (exact) mass is 393 g/mol. The molecule has 1 saturated heterocycles. The number of fused-ring (bicyclic) bond motifs is 1. The Morgan fingerprint density at radius 3 is 2.67 bits per heavy atom. The lowest BCUT2D eigenvalue weighted by Crippen LogP contribution is -2.36. The van der Waals surface area contributed by atoms with Crippen molar-refractivity contribution in [1.82, 2.24) is 4.98 Å². The van der Waals surface area contributed by atoms with Gasteiger partial charge in [-0.2, -0.15) is 0 Å². The second-order valence-corrected chi connectivity index (χ2v) is 7.72. The van der Waals surface area contributed by atoms with Gasteiger partial charge in [0.2, 0.25) is 0 Å². The predicted octanol–water partition coefficient (Wildman–Crippen LogP) is 1.90. The van der Waals surface area contributed by atoms with Crippen LogP contribution in [0.4, 0.5) is 15.8 Å². The quantitative estimate of drug-likeness (QED) is 0.702. The molecule has 3 aromatic rings. The lowest BCUT2D eigenvalue weighted by Gasteiger charge is -2.29. The minimum Gasteiger partial charge on any atom is -0.408 e. The highest BCUT2D eigenvalue weighted by molar-refractivity contribution is 7.92. The number of ether oxygens (including phenoxy) is 1. The molecule has 0 aliphatic carbocycles. The number of benzene rings is 2. The molecule has 2 aromatic carbocycles. The summed E-state index contributed by atoms with van der Waals surface area (Å²) in [5.74, 6) is -1.37. The number of anilines is 2. The van der Waals surface area contributed by atoms with Crippen LogP contribution in [0, 0.1) is 5.82 Å². The number of rotatable bonds is 4. The zero-order valence-electron chi connectivity index (χ0n) is 14.1. The third kappa shape index (κ3) is 3.53. The SMILES string of the molecule is O=c1[nH]c2ccc(S(=O)(=O)Nc3cc(N4CCOCC4)ccc3F)cc2o1. The van der Waals surface area contributed by atoms with Crippen LogP contribution in [-0.4, -0.2) is 39.7 Å². The van der Waals surface area contributed by atoms with E-state index in [1.807, 2.05) is 4.90 Å². The van der Waals surface area contributed by atoms with E-state index in [0.29, 0.717) is 37.5 Å². The van der Waals surface area contributed by atoms with Crippen LogP contribution in [0.3, 0.4) is 0 Å². The first-order valence-corrected chi connectivity index (χ1v) is 9.69. The molecule has 1 fully saturated rings. The standard InChI is InChI=1S/C17H16FN3O5S/c18-13-3-1-11(21-5-7-25-8-6-21)9-15(13)20-27(23,24)12-2-4-14-16(10-12)26-17(22)19-14/h1-4,9-10,20H,5-8H2,(H,19,22). The van der Waals surface area contributed by atoms with Gasteiger partial charge in [-0.3, -0.25) is 9.71 Å². The molecule has 0 radical (unpaired) electrons. The largest absolute Gasteiger partial charge is 0.417 e. The molecule has 142 valence electrons. The van der Waals surface area contributed by atoms with E-state index in [1.54, 1.807) is 6.07 Å². The van der Waals surface area contributed by atoms with Gasteiger partial charge in [-0.15, -0.1) is 0 Å². The topological polar surface area (TPSA) is 105 Å². The highest BCUT2D eigenvalue weighted by Gasteiger charge is 2.20. The van der Waals surface area contributed by atoms with Crippen molar-refractivity contribution in [1.29, 1.82) is 0 Å². The molecule has 2 N–H and O–H groups in total. The first kappa shape index (κ1) is 17.6. The maximum atomic E-state index is 14.2. The molecule has 2 heterocycles. The summed E-state index contributed by atoms with van der Waals surface area (Å²) >= 11 is 0. The minimum atomic E-state index is -4.07. The third-order valence-electron chi connectivity index (χ3n) is 4.27. The fourth-order valence-corrected chi connectivity index (χ4v) is 3.98. The van der Waals surface area contributed by atoms with Crippen LogP contribution in [0.15, 0.2) is 50.5 Å². The van der Waals surface area contributed by atoms with Crippen LogP contribution in [0.5, 0.6) is 0 Å². The zero-order chi connectivity index (χ0) is 19.0. The molecule has 0 atom stereocenters. The molecule has 10 heteroatoms. The van der Waals surface area contributed by atoms with Crippen LogP contribution < -0.4 is 15.4 Å². The number of aromatic nitrogens is 1. The fraction of sp³-hybridized carbons (Fsp3) is 0.235. The van der Waals surface area contributed by atoms with E-state index in [1.165, 1.54) is 30.3 Å². The second-order valence-electron chi connectivity index (χ2n) is 6.04. The summed E-state index contributed by atoms with van der Waals surface area (Å²) in [4.78, 5) is 15.5. The number of hydrogen-bond acceptors (Lipinski definition) is 6. The van der Waals surface area contributed by atoms with Gasteiger partial charge in [-0.1, -0.05) is 0 Å². The van der Waals surface area contributed by atoms with Crippen LogP contribution in [0.25, 0.3) is 11.1 Å². The average molecular weight is 393 g/mol. The number of aromatic amines is 1. The highest BCUT2D eigenvalue weighted by Crippen LogP contribution is 2.26. The van der Waals surface area contributed by atoms with Crippen LogP contribution in [-0.2, 0) is 14.8 Å². The fourth-order valence-electron chi connectivity index (χ4n) is 2.91. The summed E-state index contributed by atoms with van der Waals surface area (Å²) in [5.41, 5.74) is 1.02. The van der Waals surface area contributed by atoms with E-state index in [-0.39, 0.29) is 16.2 Å². The van der Waals surface area contributed by atoms with Crippen molar-refractivity contribution >= 4 is 32.5 Å². The van der Waals surface area contributed by atoms with Crippen molar-refractivity contribution in [3.63, 3.8) is 0 Å². The van der Waals surface area contributed by atoms with E-state index < -0.39 is 21.6 Å². The number of hydrogen-bond donors (Lipinski definition) is 2. The maximum absolute atomic E-state index is 14.2. The van der Waals surface area contributed by atoms with Crippen molar-refractivity contribution in [3.8, 4) is 0 Å². The first-order chi connectivity index (χ1) is 12.9. The number of H-pyrrole nitrogens is 1. The number of nitrogens with zero attached hydrogens (tertiary/aromatic N) is 1. The van der Waals surface area contributed by atoms with Gasteiger partial charge >= 0.3 is 5.76 Å². The molecule has 0 spiro atoms. The molecule has 0 unspecified atom stereocenters. The Bertz CT molecular complexity index is 1150. The normalized spacial score (nSPS) is 15.2. The summed E-state index contributed by atoms with van der Waals surface area (Å²) in [6, 6.07) is 8.19. The van der Waals surface area contributed by atoms with Gasteiger partial charge in [0.15, 0.2) is 5.58 Å². The van der Waals surface area contributed by atoms with Gasteiger partial charge in [0, 0.05) is 24.8 Å². The summed E-state index contributed by atoms with van der Waals surface area (Å²) in [5, 5.41) is 0. The minimum absolute atomic E-state index is 0.102. The zero-order valence-corrected chi connectivity index (χ0v) is 14.9. The molecule has 4 rings (SSSR count). The van der Waals surface area contributed by atoms with E-state index in [2.05, 4.69) is 9.71 Å². The second kappa shape index (κ2) is 6.71. The van der Waals surface area contributed by atoms with E-state index >= 15 is 0 Å². The summed E-state index contributed by atoms with van der Waals surface area (Å²) in [6.07, 6.45) is 0. The van der Waals surface area contributed by atoms with Crippen molar-refractivity contribution in [3.05, 3.63) is 52.8 Å². The molecule has 1 aromatic heterocycles. The molecule has 1 aliphatic heterocycles. The lowest BCUT2D eigenvalue weighted by atomic mass is 10.2. The Morgan fingerprint density at radius 1 is 1.11 bits per heavy atom. The van der Waals surface area contributed by atoms with Gasteiger partial charge < -0.3 is 14.1 Å². The molecule has 0 saturated carbocycles. The first-order valence-electron chi connectivity index (χ1n) is 8.20. The Morgan fingerprint density at radius 2 is 1.89 bits per heavy atom. The van der Waals surface area contributed by atoms with Crippen molar-refractivity contribution in [2.24, 2.45) is 0 Å². The van der Waals surface area contributed by atoms with Gasteiger partial charge in [0.25, 0.3) is 10.0 Å². The molecule has 8 nitrogen and oxygen atoms in total. The van der Waals surface area contributed by atoms with Crippen molar-refractivity contribution < 1.29 is 22.0 Å². The van der Waals surface area contributed by atoms with Crippen LogP contribution >= 0.6 is 0 Å². The average Bonchev–Trinajstić information content (AvgIpc) is 3.03. The van der Waals surface area contributed by atoms with E-state index in [4.69, 9.17) is 9.15 Å². The molecule has 0 amide bonds. The van der Waals surface area contributed by atoms with Gasteiger partial charge in [-0.25, -0.2) is 17.6 Å². The molecule has 0 bridgehead atoms. The summed E-state index contributed by atoms with van der Waals surface area (Å²) < 4.78 is 51.9. The maximum Gasteiger partial charge on any atom is 0.417 e. The number of morpholine rings is 1. The van der Waals surface area contributed by atoms with Crippen molar-refractivity contribution in [2.45, 2.75) is 4.90 Å². The molecule has 27 heavy (non-hydrogen) atoms. The molecular weight excluding hydrogens is 377 g/mol.